The number of rotatable bonds is 3. The fourth-order valence-electron chi connectivity index (χ4n) is 1.58. The van der Waals surface area contributed by atoms with Crippen molar-refractivity contribution in [3.63, 3.8) is 0 Å². The zero-order valence-corrected chi connectivity index (χ0v) is 9.85. The number of amides is 1. The van der Waals surface area contributed by atoms with Crippen molar-refractivity contribution < 1.29 is 9.53 Å². The molecule has 0 radical (unpaired) electrons. The lowest BCUT2D eigenvalue weighted by Gasteiger charge is -2.14. The molecular weight excluding hydrogens is 242 g/mol. The van der Waals surface area contributed by atoms with E-state index in [-0.39, 0.29) is 12.0 Å². The highest BCUT2D eigenvalue weighted by molar-refractivity contribution is 6.28. The van der Waals surface area contributed by atoms with Crippen LogP contribution in [0.5, 0.6) is 0 Å². The normalized spacial score (nSPS) is 16.2. The number of amidine groups is 1. The molecule has 0 aliphatic carbocycles. The molecule has 17 heavy (non-hydrogen) atoms. The monoisotopic (exact) mass is 253 g/mol. The van der Waals surface area contributed by atoms with E-state index in [1.54, 1.807) is 12.1 Å². The first-order chi connectivity index (χ1) is 8.22. The fraction of sp³-hybridized carbons (Fsp3) is 0.273. The molecule has 1 aromatic carbocycles. The van der Waals surface area contributed by atoms with E-state index in [0.29, 0.717) is 30.4 Å². The average Bonchev–Trinajstić information content (AvgIpc) is 2.76. The number of ether oxygens (including phenoxy) is 1. The Hall–Kier alpha value is -1.75. The molecule has 6 heteroatoms. The number of nitrogens with zero attached hydrogens (tertiary/aromatic N) is 2. The van der Waals surface area contributed by atoms with Crippen LogP contribution in [0.2, 0.25) is 0 Å². The second-order valence-corrected chi connectivity index (χ2v) is 3.76. The van der Waals surface area contributed by atoms with Gasteiger partial charge in [-0.05, 0) is 12.1 Å². The molecule has 1 aliphatic heterocycles. The van der Waals surface area contributed by atoms with E-state index < -0.39 is 0 Å². The van der Waals surface area contributed by atoms with Crippen molar-refractivity contribution in [3.8, 4) is 0 Å². The van der Waals surface area contributed by atoms with Gasteiger partial charge in [-0.25, -0.2) is 9.79 Å². The van der Waals surface area contributed by atoms with Crippen LogP contribution in [0.15, 0.2) is 29.3 Å². The van der Waals surface area contributed by atoms with Gasteiger partial charge in [0, 0.05) is 0 Å². The molecule has 0 spiro atoms. The van der Waals surface area contributed by atoms with Crippen LogP contribution in [-0.2, 0) is 4.74 Å². The van der Waals surface area contributed by atoms with Gasteiger partial charge >= 0.3 is 6.09 Å². The number of alkyl halides is 1. The molecule has 0 unspecified atom stereocenters. The second kappa shape index (κ2) is 5.05. The molecule has 1 aliphatic rings. The third kappa shape index (κ3) is 2.50. The van der Waals surface area contributed by atoms with Crippen molar-refractivity contribution in [3.05, 3.63) is 24.3 Å². The van der Waals surface area contributed by atoms with E-state index in [1.165, 1.54) is 4.90 Å². The molecule has 90 valence electrons. The predicted molar refractivity (Wildman–Crippen MR) is 67.1 cm³/mol. The first-order valence-electron chi connectivity index (χ1n) is 5.14. The summed E-state index contributed by atoms with van der Waals surface area (Å²) in [5, 5.41) is 0. The van der Waals surface area contributed by atoms with Gasteiger partial charge in [0.05, 0.1) is 23.8 Å². The Balaban J connectivity index is 2.37. The zero-order chi connectivity index (χ0) is 12.3. The summed E-state index contributed by atoms with van der Waals surface area (Å²) < 4.78 is 4.89. The van der Waals surface area contributed by atoms with Crippen molar-refractivity contribution in [1.29, 1.82) is 0 Å². The van der Waals surface area contributed by atoms with E-state index >= 15 is 0 Å². The smallest absolute Gasteiger partial charge is 0.414 e. The van der Waals surface area contributed by atoms with Crippen LogP contribution in [0.3, 0.4) is 0 Å². The Morgan fingerprint density at radius 1 is 1.53 bits per heavy atom. The quantitative estimate of drug-likeness (QED) is 0.508. The summed E-state index contributed by atoms with van der Waals surface area (Å²) in [6, 6.07) is 7.23. The number of nitrogens with two attached hydrogens (primary N) is 1. The molecule has 1 amide bonds. The standard InChI is InChI=1S/C11H12ClN3O2/c12-7-10(13)14-8-3-1-2-4-9(8)15-5-6-17-11(15)16/h1-4H,5-7H2,(H2,13,14). The molecule has 1 fully saturated rings. The molecule has 1 aromatic rings. The Morgan fingerprint density at radius 3 is 2.94 bits per heavy atom. The lowest BCUT2D eigenvalue weighted by molar-refractivity contribution is 0.181. The minimum atomic E-state index is -0.364. The summed E-state index contributed by atoms with van der Waals surface area (Å²) in [5.74, 6) is 0.463. The summed E-state index contributed by atoms with van der Waals surface area (Å²) in [4.78, 5) is 17.2. The van der Waals surface area contributed by atoms with Crippen LogP contribution in [0.1, 0.15) is 0 Å². The Morgan fingerprint density at radius 2 is 2.29 bits per heavy atom. The fourth-order valence-corrected chi connectivity index (χ4v) is 1.64. The molecular formula is C11H12ClN3O2. The third-order valence-electron chi connectivity index (χ3n) is 2.33. The van der Waals surface area contributed by atoms with E-state index in [2.05, 4.69) is 4.99 Å². The van der Waals surface area contributed by atoms with Gasteiger partial charge in [-0.3, -0.25) is 4.90 Å². The lowest BCUT2D eigenvalue weighted by atomic mass is 10.2. The number of halogens is 1. The van der Waals surface area contributed by atoms with Crippen molar-refractivity contribution in [2.75, 3.05) is 23.9 Å². The van der Waals surface area contributed by atoms with E-state index in [9.17, 15) is 4.79 Å². The molecule has 1 saturated heterocycles. The molecule has 5 nitrogen and oxygen atoms in total. The summed E-state index contributed by atoms with van der Waals surface area (Å²) >= 11 is 5.58. The van der Waals surface area contributed by atoms with Crippen molar-refractivity contribution in [2.45, 2.75) is 0 Å². The highest BCUT2D eigenvalue weighted by Crippen LogP contribution is 2.30. The molecule has 2 N–H and O–H groups in total. The van der Waals surface area contributed by atoms with Gasteiger partial charge in [-0.15, -0.1) is 11.6 Å². The number of cyclic esters (lactones) is 1. The van der Waals surface area contributed by atoms with Gasteiger partial charge in [0.2, 0.25) is 0 Å². The van der Waals surface area contributed by atoms with Gasteiger partial charge in [-0.1, -0.05) is 12.1 Å². The molecule has 0 aromatic heterocycles. The minimum Gasteiger partial charge on any atom is -0.447 e. The highest BCUT2D eigenvalue weighted by atomic mass is 35.5. The van der Waals surface area contributed by atoms with Crippen LogP contribution >= 0.6 is 11.6 Å². The van der Waals surface area contributed by atoms with Gasteiger partial charge < -0.3 is 10.5 Å². The van der Waals surface area contributed by atoms with Crippen LogP contribution in [0.25, 0.3) is 0 Å². The third-order valence-corrected chi connectivity index (χ3v) is 2.61. The van der Waals surface area contributed by atoms with Crippen molar-refractivity contribution in [1.82, 2.24) is 0 Å². The second-order valence-electron chi connectivity index (χ2n) is 3.49. The van der Waals surface area contributed by atoms with Gasteiger partial charge in [0.25, 0.3) is 0 Å². The van der Waals surface area contributed by atoms with E-state index in [0.717, 1.165) is 0 Å². The van der Waals surface area contributed by atoms with Gasteiger partial charge in [-0.2, -0.15) is 0 Å². The number of anilines is 1. The number of carbonyl (C=O) groups excluding carboxylic acids is 1. The Bertz CT molecular complexity index is 462. The number of hydrogen-bond donors (Lipinski definition) is 1. The van der Waals surface area contributed by atoms with E-state index in [4.69, 9.17) is 22.1 Å². The molecule has 0 saturated carbocycles. The first kappa shape index (κ1) is 11.7. The number of hydrogen-bond acceptors (Lipinski definition) is 3. The molecule has 0 bridgehead atoms. The highest BCUT2D eigenvalue weighted by Gasteiger charge is 2.25. The summed E-state index contributed by atoms with van der Waals surface area (Å²) in [6.45, 7) is 0.911. The SMILES string of the molecule is NC(CCl)=Nc1ccccc1N1CCOC1=O. The molecule has 1 heterocycles. The Kier molecular flexibility index (Phi) is 3.49. The van der Waals surface area contributed by atoms with Crippen LogP contribution in [-0.4, -0.2) is 31.0 Å². The van der Waals surface area contributed by atoms with Gasteiger partial charge in [0.1, 0.15) is 12.4 Å². The number of carbonyl (C=O) groups is 1. The van der Waals surface area contributed by atoms with Crippen LogP contribution in [0, 0.1) is 0 Å². The molecule has 0 atom stereocenters. The number of aliphatic imine (C=N–C) groups is 1. The maximum Gasteiger partial charge on any atom is 0.414 e. The van der Waals surface area contributed by atoms with Crippen molar-refractivity contribution >= 4 is 34.9 Å². The number of para-hydroxylation sites is 2. The number of benzene rings is 1. The topological polar surface area (TPSA) is 67.9 Å². The zero-order valence-electron chi connectivity index (χ0n) is 9.10. The minimum absolute atomic E-state index is 0.152. The van der Waals surface area contributed by atoms with Crippen LogP contribution in [0.4, 0.5) is 16.2 Å². The maximum atomic E-state index is 11.5. The average molecular weight is 254 g/mol. The Labute approximate surface area is 104 Å². The lowest BCUT2D eigenvalue weighted by Crippen LogP contribution is -2.23. The summed E-state index contributed by atoms with van der Waals surface area (Å²) in [7, 11) is 0. The van der Waals surface area contributed by atoms with E-state index in [1.807, 2.05) is 12.1 Å². The van der Waals surface area contributed by atoms with Gasteiger partial charge in [0.15, 0.2) is 0 Å². The van der Waals surface area contributed by atoms with Crippen molar-refractivity contribution in [2.24, 2.45) is 10.7 Å². The largest absolute Gasteiger partial charge is 0.447 e. The first-order valence-corrected chi connectivity index (χ1v) is 5.68. The maximum absolute atomic E-state index is 11.5. The van der Waals surface area contributed by atoms with Crippen LogP contribution < -0.4 is 10.6 Å². The molecule has 2 rings (SSSR count). The summed E-state index contributed by atoms with van der Waals surface area (Å²) in [5.41, 5.74) is 6.89. The predicted octanol–water partition coefficient (Wildman–Crippen LogP) is 1.87. The summed E-state index contributed by atoms with van der Waals surface area (Å²) in [6.07, 6.45) is -0.364.